The summed E-state index contributed by atoms with van der Waals surface area (Å²) >= 11 is 5.78. The van der Waals surface area contributed by atoms with Crippen LogP contribution in [0, 0.1) is 0 Å². The summed E-state index contributed by atoms with van der Waals surface area (Å²) in [6.07, 6.45) is 0. The van der Waals surface area contributed by atoms with Crippen molar-refractivity contribution >= 4 is 23.3 Å². The van der Waals surface area contributed by atoms with E-state index in [9.17, 15) is 9.90 Å². The minimum atomic E-state index is -0.920. The molecule has 2 N–H and O–H groups in total. The molecule has 0 aliphatic heterocycles. The Morgan fingerprint density at radius 1 is 1.06 bits per heavy atom. The quantitative estimate of drug-likeness (QED) is 0.884. The predicted octanol–water partition coefficient (Wildman–Crippen LogP) is 3.58. The lowest BCUT2D eigenvalue weighted by Crippen LogP contribution is -2.20. The molecule has 0 saturated carbocycles. The molecule has 2 rings (SSSR count). The van der Waals surface area contributed by atoms with Gasteiger partial charge in [-0.15, -0.1) is 0 Å². The van der Waals surface area contributed by atoms with Gasteiger partial charge in [0.25, 0.3) is 0 Å². The van der Waals surface area contributed by atoms with Crippen LogP contribution in [0.2, 0.25) is 5.02 Å². The second-order valence-corrected chi connectivity index (χ2v) is 4.27. The van der Waals surface area contributed by atoms with Crippen molar-refractivity contribution in [1.82, 2.24) is 0 Å². The minimum Gasteiger partial charge on any atom is -0.479 e. The predicted molar refractivity (Wildman–Crippen MR) is 71.9 cm³/mol. The van der Waals surface area contributed by atoms with Crippen LogP contribution in [0.25, 0.3) is 0 Å². The summed E-state index contributed by atoms with van der Waals surface area (Å²) in [5.74, 6) is -0.920. The molecule has 0 aliphatic carbocycles. The van der Waals surface area contributed by atoms with Gasteiger partial charge in [-0.05, 0) is 29.8 Å². The van der Waals surface area contributed by atoms with Crippen LogP contribution in [0.3, 0.4) is 0 Å². The Balaban J connectivity index is 2.22. The molecule has 0 aromatic heterocycles. The molecule has 2 aromatic rings. The molecule has 0 spiro atoms. The van der Waals surface area contributed by atoms with Gasteiger partial charge < -0.3 is 10.4 Å². The standard InChI is InChI=1S/C14H12ClNO2/c15-11-6-8-12(9-7-11)16-13(14(17)18)10-4-2-1-3-5-10/h1-9,13,16H,(H,17,18). The van der Waals surface area contributed by atoms with Crippen molar-refractivity contribution in [3.63, 3.8) is 0 Å². The molecule has 2 aromatic carbocycles. The van der Waals surface area contributed by atoms with Gasteiger partial charge in [-0.3, -0.25) is 0 Å². The maximum Gasteiger partial charge on any atom is 0.330 e. The Labute approximate surface area is 110 Å². The van der Waals surface area contributed by atoms with Crippen LogP contribution in [0.1, 0.15) is 11.6 Å². The molecule has 3 nitrogen and oxygen atoms in total. The van der Waals surface area contributed by atoms with E-state index in [1.165, 1.54) is 0 Å². The van der Waals surface area contributed by atoms with Crippen LogP contribution in [0.4, 0.5) is 5.69 Å². The van der Waals surface area contributed by atoms with Gasteiger partial charge >= 0.3 is 5.97 Å². The zero-order chi connectivity index (χ0) is 13.0. The molecule has 0 heterocycles. The fraction of sp³-hybridized carbons (Fsp3) is 0.0714. The first-order valence-electron chi connectivity index (χ1n) is 5.46. The van der Waals surface area contributed by atoms with E-state index >= 15 is 0 Å². The number of hydrogen-bond donors (Lipinski definition) is 2. The number of carbonyl (C=O) groups is 1. The number of hydrogen-bond acceptors (Lipinski definition) is 2. The van der Waals surface area contributed by atoms with E-state index in [1.807, 2.05) is 18.2 Å². The molecule has 18 heavy (non-hydrogen) atoms. The number of rotatable bonds is 4. The fourth-order valence-corrected chi connectivity index (χ4v) is 1.77. The third kappa shape index (κ3) is 3.02. The summed E-state index contributed by atoms with van der Waals surface area (Å²) in [4.78, 5) is 11.3. The van der Waals surface area contributed by atoms with Gasteiger partial charge in [0, 0.05) is 10.7 Å². The lowest BCUT2D eigenvalue weighted by Gasteiger charge is -2.16. The normalized spacial score (nSPS) is 11.8. The third-order valence-electron chi connectivity index (χ3n) is 2.54. The minimum absolute atomic E-state index is 0.618. The maximum absolute atomic E-state index is 11.3. The van der Waals surface area contributed by atoms with Crippen molar-refractivity contribution in [2.45, 2.75) is 6.04 Å². The van der Waals surface area contributed by atoms with Gasteiger partial charge in [0.2, 0.25) is 0 Å². The van der Waals surface area contributed by atoms with Crippen molar-refractivity contribution in [2.75, 3.05) is 5.32 Å². The Hall–Kier alpha value is -2.00. The largest absolute Gasteiger partial charge is 0.479 e. The van der Waals surface area contributed by atoms with E-state index < -0.39 is 12.0 Å². The molecule has 92 valence electrons. The Bertz CT molecular complexity index is 525. The van der Waals surface area contributed by atoms with Crippen molar-refractivity contribution in [2.24, 2.45) is 0 Å². The number of anilines is 1. The SMILES string of the molecule is O=C(O)C(Nc1ccc(Cl)cc1)c1ccccc1. The summed E-state index contributed by atoms with van der Waals surface area (Å²) in [6.45, 7) is 0. The van der Waals surface area contributed by atoms with Gasteiger partial charge in [0.05, 0.1) is 0 Å². The molecule has 1 unspecified atom stereocenters. The van der Waals surface area contributed by atoms with Crippen LogP contribution < -0.4 is 5.32 Å². The van der Waals surface area contributed by atoms with Gasteiger partial charge in [0.15, 0.2) is 6.04 Å². The molecule has 0 bridgehead atoms. The number of benzene rings is 2. The molecule has 0 fully saturated rings. The molecule has 0 amide bonds. The smallest absolute Gasteiger partial charge is 0.330 e. The first-order valence-corrected chi connectivity index (χ1v) is 5.84. The second kappa shape index (κ2) is 5.56. The average molecular weight is 262 g/mol. The van der Waals surface area contributed by atoms with E-state index in [1.54, 1.807) is 36.4 Å². The summed E-state index contributed by atoms with van der Waals surface area (Å²) < 4.78 is 0. The van der Waals surface area contributed by atoms with Gasteiger partial charge in [-0.1, -0.05) is 41.9 Å². The van der Waals surface area contributed by atoms with Crippen LogP contribution >= 0.6 is 11.6 Å². The molecule has 0 aliphatic rings. The highest BCUT2D eigenvalue weighted by Crippen LogP contribution is 2.21. The van der Waals surface area contributed by atoms with Crippen molar-refractivity contribution in [3.8, 4) is 0 Å². The average Bonchev–Trinajstić information content (AvgIpc) is 2.38. The maximum atomic E-state index is 11.3. The zero-order valence-electron chi connectivity index (χ0n) is 9.51. The third-order valence-corrected chi connectivity index (χ3v) is 2.79. The molecular weight excluding hydrogens is 250 g/mol. The van der Waals surface area contributed by atoms with E-state index in [2.05, 4.69) is 5.32 Å². The summed E-state index contributed by atoms with van der Waals surface area (Å²) in [6, 6.07) is 15.2. The van der Waals surface area contributed by atoms with Crippen LogP contribution in [-0.2, 0) is 4.79 Å². The first-order chi connectivity index (χ1) is 8.66. The summed E-state index contributed by atoms with van der Waals surface area (Å²) in [7, 11) is 0. The lowest BCUT2D eigenvalue weighted by molar-refractivity contribution is -0.138. The van der Waals surface area contributed by atoms with Crippen molar-refractivity contribution in [1.29, 1.82) is 0 Å². The molecule has 0 saturated heterocycles. The number of nitrogens with one attached hydrogen (secondary N) is 1. The van der Waals surface area contributed by atoms with Crippen LogP contribution in [0.5, 0.6) is 0 Å². The monoisotopic (exact) mass is 261 g/mol. The second-order valence-electron chi connectivity index (χ2n) is 3.83. The highest BCUT2D eigenvalue weighted by atomic mass is 35.5. The van der Waals surface area contributed by atoms with Crippen LogP contribution in [0.15, 0.2) is 54.6 Å². The highest BCUT2D eigenvalue weighted by molar-refractivity contribution is 6.30. The Morgan fingerprint density at radius 2 is 1.67 bits per heavy atom. The molecule has 1 atom stereocenters. The van der Waals surface area contributed by atoms with Crippen molar-refractivity contribution in [3.05, 3.63) is 65.2 Å². The van der Waals surface area contributed by atoms with Crippen molar-refractivity contribution < 1.29 is 9.90 Å². The van der Waals surface area contributed by atoms with Gasteiger partial charge in [-0.2, -0.15) is 0 Å². The molecule has 0 radical (unpaired) electrons. The number of aliphatic carboxylic acids is 1. The number of carboxylic acids is 1. The van der Waals surface area contributed by atoms with Crippen LogP contribution in [-0.4, -0.2) is 11.1 Å². The highest BCUT2D eigenvalue weighted by Gasteiger charge is 2.18. The number of halogens is 1. The number of carboxylic acid groups (broad SMARTS) is 1. The topological polar surface area (TPSA) is 49.3 Å². The first kappa shape index (κ1) is 12.5. The van der Waals surface area contributed by atoms with E-state index in [4.69, 9.17) is 11.6 Å². The summed E-state index contributed by atoms with van der Waals surface area (Å²) in [5, 5.41) is 12.8. The molecule has 4 heteroatoms. The Kier molecular flexibility index (Phi) is 3.85. The lowest BCUT2D eigenvalue weighted by atomic mass is 10.1. The zero-order valence-corrected chi connectivity index (χ0v) is 10.3. The van der Waals surface area contributed by atoms with E-state index in [0.717, 1.165) is 5.69 Å². The fourth-order valence-electron chi connectivity index (χ4n) is 1.65. The Morgan fingerprint density at radius 3 is 2.22 bits per heavy atom. The summed E-state index contributed by atoms with van der Waals surface area (Å²) in [5.41, 5.74) is 1.43. The van der Waals surface area contributed by atoms with Gasteiger partial charge in [-0.25, -0.2) is 4.79 Å². The van der Waals surface area contributed by atoms with E-state index in [0.29, 0.717) is 10.6 Å². The van der Waals surface area contributed by atoms with Gasteiger partial charge in [0.1, 0.15) is 0 Å². The van der Waals surface area contributed by atoms with E-state index in [-0.39, 0.29) is 0 Å². The molecular formula is C14H12ClNO2.